The quantitative estimate of drug-likeness (QED) is 0.471. The SMILES string of the molecule is CC(C)c1cccc(C(C)C)c1N1C=C[N+](C(=O)[O-])(c2c(C(C)C)cccc2C(C)C)C1. The highest BCUT2D eigenvalue weighted by Gasteiger charge is 2.43. The van der Waals surface area contributed by atoms with Crippen molar-refractivity contribution < 1.29 is 9.90 Å². The molecule has 32 heavy (non-hydrogen) atoms. The lowest BCUT2D eigenvalue weighted by molar-refractivity contribution is -0.260. The molecule has 1 atom stereocenters. The Kier molecular flexibility index (Phi) is 6.85. The van der Waals surface area contributed by atoms with Crippen molar-refractivity contribution in [1.29, 1.82) is 0 Å². The normalized spacial score (nSPS) is 18.6. The van der Waals surface area contributed by atoms with Crippen LogP contribution in [0.4, 0.5) is 16.2 Å². The Morgan fingerprint density at radius 3 is 1.56 bits per heavy atom. The summed E-state index contributed by atoms with van der Waals surface area (Å²) in [5.41, 5.74) is 6.58. The number of quaternary nitrogens is 1. The van der Waals surface area contributed by atoms with Crippen LogP contribution in [0.1, 0.15) is 101 Å². The minimum atomic E-state index is -1.09. The van der Waals surface area contributed by atoms with Crippen LogP contribution in [0.15, 0.2) is 48.8 Å². The number of para-hydroxylation sites is 2. The van der Waals surface area contributed by atoms with Crippen molar-refractivity contribution in [2.75, 3.05) is 11.6 Å². The van der Waals surface area contributed by atoms with Gasteiger partial charge < -0.3 is 9.90 Å². The average Bonchev–Trinajstić information content (AvgIpc) is 3.18. The van der Waals surface area contributed by atoms with Crippen LogP contribution in [-0.4, -0.2) is 12.8 Å². The molecule has 0 radical (unpaired) electrons. The third kappa shape index (κ3) is 4.09. The first kappa shape index (κ1) is 24.1. The molecule has 0 saturated heterocycles. The molecule has 2 aromatic rings. The predicted octanol–water partition coefficient (Wildman–Crippen LogP) is 6.78. The number of hydrogen-bond donors (Lipinski definition) is 0. The van der Waals surface area contributed by atoms with E-state index < -0.39 is 6.09 Å². The van der Waals surface area contributed by atoms with Crippen LogP contribution >= 0.6 is 0 Å². The summed E-state index contributed by atoms with van der Waals surface area (Å²) in [4.78, 5) is 15.0. The fourth-order valence-electron chi connectivity index (χ4n) is 4.85. The summed E-state index contributed by atoms with van der Waals surface area (Å²) in [7, 11) is 0. The van der Waals surface area contributed by atoms with E-state index in [1.165, 1.54) is 11.1 Å². The molecule has 1 unspecified atom stereocenters. The zero-order valence-electron chi connectivity index (χ0n) is 20.8. The molecule has 0 spiro atoms. The van der Waals surface area contributed by atoms with Crippen molar-refractivity contribution in [2.24, 2.45) is 0 Å². The average molecular weight is 435 g/mol. The van der Waals surface area contributed by atoms with Crippen molar-refractivity contribution >= 4 is 17.5 Å². The molecule has 0 N–H and O–H groups in total. The summed E-state index contributed by atoms with van der Waals surface area (Å²) in [5.74, 6) is 1.07. The summed E-state index contributed by atoms with van der Waals surface area (Å²) in [6.07, 6.45) is 2.67. The lowest BCUT2D eigenvalue weighted by atomic mass is 9.91. The molecule has 0 aliphatic carbocycles. The van der Waals surface area contributed by atoms with Gasteiger partial charge in [-0.3, -0.25) is 4.90 Å². The Hall–Kier alpha value is -2.59. The highest BCUT2D eigenvalue weighted by atomic mass is 16.4. The highest BCUT2D eigenvalue weighted by Crippen LogP contribution is 2.44. The monoisotopic (exact) mass is 434 g/mol. The Morgan fingerprint density at radius 2 is 1.19 bits per heavy atom. The maximum atomic E-state index is 12.9. The number of amides is 1. The standard InChI is InChI=1S/C28H38N2O2/c1-18(2)22-11-9-12-23(19(3)4)26(22)29-15-16-30(17-29,28(31)32)27-24(20(5)6)13-10-14-25(27)21(7)8/h9-16,18-21H,17H2,1-8H3. The van der Waals surface area contributed by atoms with Crippen molar-refractivity contribution in [2.45, 2.75) is 79.1 Å². The summed E-state index contributed by atoms with van der Waals surface area (Å²) < 4.78 is -0.314. The van der Waals surface area contributed by atoms with Gasteiger partial charge in [0.15, 0.2) is 12.4 Å². The van der Waals surface area contributed by atoms with Gasteiger partial charge in [0, 0.05) is 11.1 Å². The van der Waals surface area contributed by atoms with Crippen molar-refractivity contribution in [1.82, 2.24) is 4.48 Å². The molecule has 1 heterocycles. The highest BCUT2D eigenvalue weighted by molar-refractivity contribution is 5.86. The van der Waals surface area contributed by atoms with E-state index in [-0.39, 0.29) is 23.0 Å². The lowest BCUT2D eigenvalue weighted by Gasteiger charge is -2.37. The molecule has 0 fully saturated rings. The van der Waals surface area contributed by atoms with E-state index in [1.807, 2.05) is 18.5 Å². The van der Waals surface area contributed by atoms with Gasteiger partial charge in [-0.1, -0.05) is 91.8 Å². The number of hydrogen-bond acceptors (Lipinski definition) is 3. The molecule has 4 heteroatoms. The minimum absolute atomic E-state index is 0.203. The number of anilines is 1. The Labute approximate surface area is 193 Å². The van der Waals surface area contributed by atoms with E-state index in [0.717, 1.165) is 22.5 Å². The van der Waals surface area contributed by atoms with Crippen LogP contribution in [0.2, 0.25) is 0 Å². The van der Waals surface area contributed by atoms with Gasteiger partial charge in [0.1, 0.15) is 6.20 Å². The van der Waals surface area contributed by atoms with E-state index in [9.17, 15) is 9.90 Å². The fourth-order valence-corrected chi connectivity index (χ4v) is 4.85. The molecule has 1 amide bonds. The molecule has 0 saturated carbocycles. The molecule has 2 aromatic carbocycles. The van der Waals surface area contributed by atoms with Crippen LogP contribution in [0, 0.1) is 0 Å². The predicted molar refractivity (Wildman–Crippen MR) is 133 cm³/mol. The van der Waals surface area contributed by atoms with Gasteiger partial charge in [0.25, 0.3) is 6.09 Å². The third-order valence-corrected chi connectivity index (χ3v) is 6.57. The summed E-state index contributed by atoms with van der Waals surface area (Å²) in [6.45, 7) is 17.5. The Morgan fingerprint density at radius 1 is 0.781 bits per heavy atom. The number of nitrogens with zero attached hydrogens (tertiary/aromatic N) is 2. The summed E-state index contributed by atoms with van der Waals surface area (Å²) in [5, 5.41) is 12.9. The van der Waals surface area contributed by atoms with Crippen LogP contribution < -0.4 is 14.5 Å². The van der Waals surface area contributed by atoms with Crippen LogP contribution in [0.5, 0.6) is 0 Å². The molecule has 1 aliphatic rings. The van der Waals surface area contributed by atoms with E-state index in [0.29, 0.717) is 11.8 Å². The summed E-state index contributed by atoms with van der Waals surface area (Å²) in [6, 6.07) is 12.6. The molecular weight excluding hydrogens is 396 g/mol. The van der Waals surface area contributed by atoms with E-state index in [2.05, 4.69) is 90.6 Å². The topological polar surface area (TPSA) is 43.4 Å². The second kappa shape index (κ2) is 9.11. The third-order valence-electron chi connectivity index (χ3n) is 6.57. The van der Waals surface area contributed by atoms with Gasteiger partial charge in [0.2, 0.25) is 0 Å². The summed E-state index contributed by atoms with van der Waals surface area (Å²) >= 11 is 0. The van der Waals surface area contributed by atoms with Crippen LogP contribution in [0.3, 0.4) is 0 Å². The van der Waals surface area contributed by atoms with E-state index in [1.54, 1.807) is 0 Å². The van der Waals surface area contributed by atoms with Gasteiger partial charge >= 0.3 is 0 Å². The molecule has 1 aliphatic heterocycles. The van der Waals surface area contributed by atoms with Crippen molar-refractivity contribution in [3.63, 3.8) is 0 Å². The number of carboxylic acid groups (broad SMARTS) is 1. The molecule has 172 valence electrons. The first-order valence-corrected chi connectivity index (χ1v) is 11.8. The van der Waals surface area contributed by atoms with Gasteiger partial charge in [-0.25, -0.2) is 0 Å². The molecule has 0 aromatic heterocycles. The second-order valence-electron chi connectivity index (χ2n) is 10.2. The van der Waals surface area contributed by atoms with Crippen molar-refractivity contribution in [3.8, 4) is 0 Å². The lowest BCUT2D eigenvalue weighted by Crippen LogP contribution is -2.58. The number of carbonyl (C=O) groups is 1. The molecular formula is C28H38N2O2. The van der Waals surface area contributed by atoms with Crippen LogP contribution in [-0.2, 0) is 0 Å². The first-order chi connectivity index (χ1) is 15.0. The molecule has 3 rings (SSSR count). The molecule has 0 bridgehead atoms. The van der Waals surface area contributed by atoms with E-state index in [4.69, 9.17) is 0 Å². The second-order valence-corrected chi connectivity index (χ2v) is 10.2. The maximum absolute atomic E-state index is 12.9. The zero-order chi connectivity index (χ0) is 23.8. The Bertz CT molecular complexity index is 968. The maximum Gasteiger partial charge on any atom is 0.269 e. The van der Waals surface area contributed by atoms with Crippen molar-refractivity contribution in [3.05, 3.63) is 71.1 Å². The smallest absolute Gasteiger partial charge is 0.269 e. The fraction of sp³-hybridized carbons (Fsp3) is 0.464. The molecule has 4 nitrogen and oxygen atoms in total. The van der Waals surface area contributed by atoms with Gasteiger partial charge in [0.05, 0.1) is 11.9 Å². The minimum Gasteiger partial charge on any atom is -0.498 e. The largest absolute Gasteiger partial charge is 0.498 e. The zero-order valence-corrected chi connectivity index (χ0v) is 20.8. The first-order valence-electron chi connectivity index (χ1n) is 11.8. The number of benzene rings is 2. The Balaban J connectivity index is 2.23. The van der Waals surface area contributed by atoms with Gasteiger partial charge in [-0.05, 0) is 34.8 Å². The van der Waals surface area contributed by atoms with Gasteiger partial charge in [-0.15, -0.1) is 0 Å². The number of carbonyl (C=O) groups excluding carboxylic acids is 1. The van der Waals surface area contributed by atoms with Gasteiger partial charge in [-0.2, -0.15) is 4.48 Å². The van der Waals surface area contributed by atoms with Crippen LogP contribution in [0.25, 0.3) is 0 Å². The van der Waals surface area contributed by atoms with E-state index >= 15 is 0 Å². The number of rotatable bonds is 6.